The number of halogens is 2. The van der Waals surface area contributed by atoms with Gasteiger partial charge >= 0.3 is 0 Å². The SMILES string of the molecule is COc1cc(CNc2ccc(C)c(Cl)c2)c(Cl)cc1OCC(=O)NC(C)(C)C. The van der Waals surface area contributed by atoms with Gasteiger partial charge in [-0.15, -0.1) is 0 Å². The van der Waals surface area contributed by atoms with Crippen LogP contribution in [0, 0.1) is 6.92 Å². The summed E-state index contributed by atoms with van der Waals surface area (Å²) in [5, 5.41) is 7.34. The van der Waals surface area contributed by atoms with Crippen LogP contribution in [0.15, 0.2) is 30.3 Å². The summed E-state index contributed by atoms with van der Waals surface area (Å²) in [7, 11) is 1.54. The number of rotatable bonds is 7. The first-order chi connectivity index (χ1) is 13.1. The van der Waals surface area contributed by atoms with Crippen molar-refractivity contribution >= 4 is 34.8 Å². The summed E-state index contributed by atoms with van der Waals surface area (Å²) in [6.07, 6.45) is 0. The summed E-state index contributed by atoms with van der Waals surface area (Å²) in [4.78, 5) is 12.0. The van der Waals surface area contributed by atoms with Crippen LogP contribution in [0.3, 0.4) is 0 Å². The van der Waals surface area contributed by atoms with Crippen molar-refractivity contribution < 1.29 is 14.3 Å². The molecule has 2 N–H and O–H groups in total. The van der Waals surface area contributed by atoms with Crippen molar-refractivity contribution in [2.75, 3.05) is 19.0 Å². The molecular weight excluding hydrogens is 399 g/mol. The fourth-order valence-electron chi connectivity index (χ4n) is 2.48. The zero-order valence-corrected chi connectivity index (χ0v) is 18.3. The third-order valence-electron chi connectivity index (χ3n) is 3.86. The van der Waals surface area contributed by atoms with Gasteiger partial charge in [-0.25, -0.2) is 0 Å². The smallest absolute Gasteiger partial charge is 0.258 e. The van der Waals surface area contributed by atoms with E-state index in [1.165, 1.54) is 0 Å². The molecule has 0 radical (unpaired) electrons. The number of aryl methyl sites for hydroxylation is 1. The molecule has 0 atom stereocenters. The number of hydrogen-bond donors (Lipinski definition) is 2. The molecule has 2 aromatic rings. The zero-order valence-electron chi connectivity index (χ0n) is 16.8. The van der Waals surface area contributed by atoms with E-state index in [9.17, 15) is 4.79 Å². The van der Waals surface area contributed by atoms with Gasteiger partial charge in [0.25, 0.3) is 5.91 Å². The third-order valence-corrected chi connectivity index (χ3v) is 4.62. The van der Waals surface area contributed by atoms with Crippen LogP contribution in [0.1, 0.15) is 31.9 Å². The molecule has 0 aliphatic heterocycles. The van der Waals surface area contributed by atoms with Gasteiger partial charge < -0.3 is 20.1 Å². The van der Waals surface area contributed by atoms with Crippen molar-refractivity contribution in [2.45, 2.75) is 39.8 Å². The number of amides is 1. The summed E-state index contributed by atoms with van der Waals surface area (Å²) in [6, 6.07) is 9.23. The van der Waals surface area contributed by atoms with E-state index in [4.69, 9.17) is 32.7 Å². The number of carbonyl (C=O) groups excluding carboxylic acids is 1. The Morgan fingerprint density at radius 3 is 2.39 bits per heavy atom. The molecule has 0 spiro atoms. The van der Waals surface area contributed by atoms with Gasteiger partial charge in [0.15, 0.2) is 18.1 Å². The van der Waals surface area contributed by atoms with Gasteiger partial charge in [-0.05, 0) is 57.0 Å². The monoisotopic (exact) mass is 424 g/mol. The van der Waals surface area contributed by atoms with Crippen LogP contribution < -0.4 is 20.1 Å². The van der Waals surface area contributed by atoms with Crippen LogP contribution in [0.2, 0.25) is 10.0 Å². The fourth-order valence-corrected chi connectivity index (χ4v) is 2.88. The van der Waals surface area contributed by atoms with E-state index in [1.54, 1.807) is 19.2 Å². The topological polar surface area (TPSA) is 59.6 Å². The first-order valence-corrected chi connectivity index (χ1v) is 9.65. The second-order valence-electron chi connectivity index (χ2n) is 7.50. The highest BCUT2D eigenvalue weighted by molar-refractivity contribution is 6.32. The van der Waals surface area contributed by atoms with Crippen LogP contribution in [0.25, 0.3) is 0 Å². The van der Waals surface area contributed by atoms with E-state index in [-0.39, 0.29) is 18.1 Å². The van der Waals surface area contributed by atoms with Gasteiger partial charge in [0, 0.05) is 33.9 Å². The molecular formula is C21H26Cl2N2O3. The zero-order chi connectivity index (χ0) is 20.9. The van der Waals surface area contributed by atoms with Crippen LogP contribution in [-0.2, 0) is 11.3 Å². The molecule has 0 heterocycles. The maximum atomic E-state index is 12.0. The van der Waals surface area contributed by atoms with Crippen LogP contribution in [0.4, 0.5) is 5.69 Å². The van der Waals surface area contributed by atoms with Gasteiger partial charge in [-0.3, -0.25) is 4.79 Å². The molecule has 2 rings (SSSR count). The Morgan fingerprint density at radius 2 is 1.79 bits per heavy atom. The Kier molecular flexibility index (Phi) is 7.44. The minimum absolute atomic E-state index is 0.122. The van der Waals surface area contributed by atoms with Crippen molar-refractivity contribution in [2.24, 2.45) is 0 Å². The number of ether oxygens (including phenoxy) is 2. The number of carbonyl (C=O) groups is 1. The quantitative estimate of drug-likeness (QED) is 0.639. The summed E-state index contributed by atoms with van der Waals surface area (Å²) < 4.78 is 11.0. The van der Waals surface area contributed by atoms with Gasteiger partial charge in [0.1, 0.15) is 0 Å². The lowest BCUT2D eigenvalue weighted by atomic mass is 10.1. The molecule has 0 unspecified atom stereocenters. The van der Waals surface area contributed by atoms with E-state index in [0.29, 0.717) is 28.1 Å². The Hall–Kier alpha value is -2.11. The van der Waals surface area contributed by atoms with Gasteiger partial charge in [0.05, 0.1) is 7.11 Å². The van der Waals surface area contributed by atoms with Crippen LogP contribution >= 0.6 is 23.2 Å². The lowest BCUT2D eigenvalue weighted by molar-refractivity contribution is -0.124. The van der Waals surface area contributed by atoms with Crippen molar-refractivity contribution in [1.29, 1.82) is 0 Å². The average molecular weight is 425 g/mol. The molecule has 0 saturated heterocycles. The molecule has 0 bridgehead atoms. The molecule has 5 nitrogen and oxygen atoms in total. The highest BCUT2D eigenvalue weighted by Gasteiger charge is 2.16. The van der Waals surface area contributed by atoms with Crippen molar-refractivity contribution in [3.05, 3.63) is 51.5 Å². The lowest BCUT2D eigenvalue weighted by Crippen LogP contribution is -2.43. The van der Waals surface area contributed by atoms with E-state index in [1.807, 2.05) is 45.9 Å². The van der Waals surface area contributed by atoms with Crippen molar-refractivity contribution in [1.82, 2.24) is 5.32 Å². The summed E-state index contributed by atoms with van der Waals surface area (Å²) in [6.45, 7) is 8.04. The molecule has 1 amide bonds. The largest absolute Gasteiger partial charge is 0.493 e. The molecule has 28 heavy (non-hydrogen) atoms. The van der Waals surface area contributed by atoms with Gasteiger partial charge in [0.2, 0.25) is 0 Å². The third kappa shape index (κ3) is 6.50. The Labute approximate surface area is 176 Å². The molecule has 0 saturated carbocycles. The second kappa shape index (κ2) is 9.39. The summed E-state index contributed by atoms with van der Waals surface area (Å²) in [5.41, 5.74) is 2.42. The Balaban J connectivity index is 2.07. The molecule has 7 heteroatoms. The Bertz CT molecular complexity index is 848. The highest BCUT2D eigenvalue weighted by atomic mass is 35.5. The first-order valence-electron chi connectivity index (χ1n) is 8.89. The first kappa shape index (κ1) is 22.2. The molecule has 0 fully saturated rings. The lowest BCUT2D eigenvalue weighted by Gasteiger charge is -2.21. The van der Waals surface area contributed by atoms with E-state index in [0.717, 1.165) is 16.8 Å². The standard InChI is InChI=1S/C21H26Cl2N2O3/c1-13-6-7-15(9-16(13)22)24-11-14-8-18(27-5)19(10-17(14)23)28-12-20(26)25-21(2,3)4/h6-10,24H,11-12H2,1-5H3,(H,25,26). The maximum absolute atomic E-state index is 12.0. The Morgan fingerprint density at radius 1 is 1.07 bits per heavy atom. The molecule has 0 aliphatic rings. The number of benzene rings is 2. The number of anilines is 1. The summed E-state index contributed by atoms with van der Waals surface area (Å²) in [5.74, 6) is 0.707. The molecule has 152 valence electrons. The van der Waals surface area contributed by atoms with E-state index in [2.05, 4.69) is 10.6 Å². The minimum Gasteiger partial charge on any atom is -0.493 e. The van der Waals surface area contributed by atoms with Gasteiger partial charge in [-0.1, -0.05) is 29.3 Å². The maximum Gasteiger partial charge on any atom is 0.258 e. The van der Waals surface area contributed by atoms with E-state index < -0.39 is 0 Å². The predicted octanol–water partition coefficient (Wildman–Crippen LogP) is 5.22. The van der Waals surface area contributed by atoms with Gasteiger partial charge in [-0.2, -0.15) is 0 Å². The number of nitrogens with one attached hydrogen (secondary N) is 2. The second-order valence-corrected chi connectivity index (χ2v) is 8.31. The van der Waals surface area contributed by atoms with E-state index >= 15 is 0 Å². The van der Waals surface area contributed by atoms with Crippen molar-refractivity contribution in [3.63, 3.8) is 0 Å². The fraction of sp³-hybridized carbons (Fsp3) is 0.381. The minimum atomic E-state index is -0.323. The van der Waals surface area contributed by atoms with Crippen LogP contribution in [0.5, 0.6) is 11.5 Å². The summed E-state index contributed by atoms with van der Waals surface area (Å²) >= 11 is 12.6. The average Bonchev–Trinajstić information content (AvgIpc) is 2.60. The molecule has 0 aromatic heterocycles. The predicted molar refractivity (Wildman–Crippen MR) is 115 cm³/mol. The highest BCUT2D eigenvalue weighted by Crippen LogP contribution is 2.34. The molecule has 0 aliphatic carbocycles. The number of hydrogen-bond acceptors (Lipinski definition) is 4. The normalized spacial score (nSPS) is 11.1. The van der Waals surface area contributed by atoms with Crippen molar-refractivity contribution in [3.8, 4) is 11.5 Å². The molecule has 2 aromatic carbocycles. The van der Waals surface area contributed by atoms with Crippen LogP contribution in [-0.4, -0.2) is 25.2 Å². The number of methoxy groups -OCH3 is 1.